The molecule has 1 aliphatic heterocycles. The molecule has 1 fully saturated rings. The quantitative estimate of drug-likeness (QED) is 0.463. The highest BCUT2D eigenvalue weighted by Gasteiger charge is 2.24. The first-order valence-corrected chi connectivity index (χ1v) is 11.5. The fraction of sp³-hybridized carbons (Fsp3) is 0.259. The van der Waals surface area contributed by atoms with Gasteiger partial charge in [0.15, 0.2) is 0 Å². The normalized spacial score (nSPS) is 14.4. The van der Waals surface area contributed by atoms with E-state index in [1.54, 1.807) is 24.1 Å². The van der Waals surface area contributed by atoms with Crippen molar-refractivity contribution in [2.45, 2.75) is 31.8 Å². The van der Waals surface area contributed by atoms with Gasteiger partial charge in [-0.1, -0.05) is 42.5 Å². The Labute approximate surface area is 199 Å². The van der Waals surface area contributed by atoms with Gasteiger partial charge in [0, 0.05) is 37.0 Å². The van der Waals surface area contributed by atoms with E-state index < -0.39 is 6.04 Å². The van der Waals surface area contributed by atoms with Crippen LogP contribution in [0.2, 0.25) is 0 Å². The van der Waals surface area contributed by atoms with Gasteiger partial charge in [0.1, 0.15) is 11.8 Å². The number of amides is 2. The molecule has 0 radical (unpaired) electrons. The lowest BCUT2D eigenvalue weighted by molar-refractivity contribution is -0.119. The summed E-state index contributed by atoms with van der Waals surface area (Å²) in [5, 5.41) is 6.33. The predicted octanol–water partition coefficient (Wildman–Crippen LogP) is 4.46. The average Bonchev–Trinajstić information content (AvgIpc) is 2.88. The second kappa shape index (κ2) is 10.9. The minimum atomic E-state index is -0.622. The topological polar surface area (TPSA) is 96.7 Å². The minimum absolute atomic E-state index is 0.0920. The lowest BCUT2D eigenvalue weighted by atomic mass is 10.0. The molecule has 1 saturated heterocycles. The monoisotopic (exact) mass is 458 g/mol. The van der Waals surface area contributed by atoms with E-state index in [1.807, 2.05) is 60.7 Å². The summed E-state index contributed by atoms with van der Waals surface area (Å²) >= 11 is 0. The van der Waals surface area contributed by atoms with Gasteiger partial charge in [0.25, 0.3) is 5.91 Å². The molecule has 4 rings (SSSR count). The third-order valence-electron chi connectivity index (χ3n) is 5.93. The Morgan fingerprint density at radius 3 is 2.59 bits per heavy atom. The van der Waals surface area contributed by atoms with E-state index in [4.69, 9.17) is 10.5 Å². The summed E-state index contributed by atoms with van der Waals surface area (Å²) in [5.74, 6) is 0.426. The smallest absolute Gasteiger partial charge is 0.251 e. The molecular formula is C27H30N4O3. The Bertz CT molecular complexity index is 1150. The Morgan fingerprint density at radius 2 is 1.85 bits per heavy atom. The highest BCUT2D eigenvalue weighted by atomic mass is 16.5. The number of carbonyl (C=O) groups excluding carboxylic acids is 2. The molecule has 7 heteroatoms. The summed E-state index contributed by atoms with van der Waals surface area (Å²) in [6.07, 6.45) is 2.41. The summed E-state index contributed by atoms with van der Waals surface area (Å²) in [5.41, 5.74) is 9.72. The number of methoxy groups -OCH3 is 1. The van der Waals surface area contributed by atoms with Gasteiger partial charge in [-0.05, 0) is 48.2 Å². The van der Waals surface area contributed by atoms with E-state index in [0.717, 1.165) is 35.3 Å². The lowest BCUT2D eigenvalue weighted by Gasteiger charge is -2.28. The third-order valence-corrected chi connectivity index (χ3v) is 5.93. The van der Waals surface area contributed by atoms with E-state index in [-0.39, 0.29) is 11.8 Å². The lowest BCUT2D eigenvalue weighted by Crippen LogP contribution is -2.35. The van der Waals surface area contributed by atoms with Gasteiger partial charge in [-0.15, -0.1) is 0 Å². The van der Waals surface area contributed by atoms with Gasteiger partial charge in [0.05, 0.1) is 12.8 Å². The van der Waals surface area contributed by atoms with Crippen molar-refractivity contribution < 1.29 is 14.3 Å². The predicted molar refractivity (Wildman–Crippen MR) is 135 cm³/mol. The molecule has 0 aromatic heterocycles. The Morgan fingerprint density at radius 1 is 1.03 bits per heavy atom. The molecule has 0 spiro atoms. The number of nitrogens with one attached hydrogen (secondary N) is 2. The van der Waals surface area contributed by atoms with Gasteiger partial charge < -0.3 is 26.0 Å². The second-order valence-corrected chi connectivity index (χ2v) is 8.27. The SMILES string of the molecule is COc1cc(NC(=O)C(Nc2cccc(CN)c2)c2ccccc2)ccc1N1CCCCC1=O. The first kappa shape index (κ1) is 23.3. The molecular weight excluding hydrogens is 428 g/mol. The number of hydrogen-bond acceptors (Lipinski definition) is 5. The fourth-order valence-electron chi connectivity index (χ4n) is 4.15. The highest BCUT2D eigenvalue weighted by molar-refractivity contribution is 5.99. The Kier molecular flexibility index (Phi) is 7.44. The number of anilines is 3. The van der Waals surface area contributed by atoms with Gasteiger partial charge in [-0.3, -0.25) is 9.59 Å². The summed E-state index contributed by atoms with van der Waals surface area (Å²) in [4.78, 5) is 27.5. The van der Waals surface area contributed by atoms with Crippen molar-refractivity contribution in [3.63, 3.8) is 0 Å². The van der Waals surface area contributed by atoms with Crippen molar-refractivity contribution in [1.29, 1.82) is 0 Å². The molecule has 3 aromatic carbocycles. The van der Waals surface area contributed by atoms with Crippen molar-refractivity contribution in [3.8, 4) is 5.75 Å². The molecule has 34 heavy (non-hydrogen) atoms. The number of carbonyl (C=O) groups is 2. The molecule has 1 unspecified atom stereocenters. The largest absolute Gasteiger partial charge is 0.494 e. The zero-order chi connectivity index (χ0) is 23.9. The highest BCUT2D eigenvalue weighted by Crippen LogP contribution is 2.34. The number of rotatable bonds is 8. The molecule has 176 valence electrons. The standard InChI is InChI=1S/C27H30N4O3/c1-34-24-17-22(13-14-23(24)31-15-6-5-12-25(31)32)30-27(33)26(20-9-3-2-4-10-20)29-21-11-7-8-19(16-21)18-28/h2-4,7-11,13-14,16-17,26,29H,5-6,12,15,18,28H2,1H3,(H,30,33). The van der Waals surface area contributed by atoms with Crippen LogP contribution in [0.15, 0.2) is 72.8 Å². The van der Waals surface area contributed by atoms with Crippen LogP contribution in [0.3, 0.4) is 0 Å². The van der Waals surface area contributed by atoms with E-state index >= 15 is 0 Å². The Balaban J connectivity index is 1.57. The van der Waals surface area contributed by atoms with Gasteiger partial charge in [-0.25, -0.2) is 0 Å². The molecule has 0 saturated carbocycles. The van der Waals surface area contributed by atoms with Crippen molar-refractivity contribution in [2.75, 3.05) is 29.2 Å². The van der Waals surface area contributed by atoms with Crippen molar-refractivity contribution in [2.24, 2.45) is 5.73 Å². The van der Waals surface area contributed by atoms with Crippen molar-refractivity contribution >= 4 is 28.9 Å². The maximum absolute atomic E-state index is 13.4. The molecule has 1 atom stereocenters. The third kappa shape index (κ3) is 5.38. The van der Waals surface area contributed by atoms with E-state index in [1.165, 1.54) is 0 Å². The molecule has 3 aromatic rings. The Hall–Kier alpha value is -3.84. The summed E-state index contributed by atoms with van der Waals surface area (Å²) < 4.78 is 5.56. The van der Waals surface area contributed by atoms with E-state index in [0.29, 0.717) is 30.9 Å². The number of piperidine rings is 1. The van der Waals surface area contributed by atoms with Gasteiger partial charge >= 0.3 is 0 Å². The molecule has 0 aliphatic carbocycles. The van der Waals surface area contributed by atoms with Crippen LogP contribution >= 0.6 is 0 Å². The van der Waals surface area contributed by atoms with Gasteiger partial charge in [0.2, 0.25) is 5.91 Å². The number of benzene rings is 3. The van der Waals surface area contributed by atoms with Crippen LogP contribution in [0.1, 0.15) is 36.4 Å². The number of nitrogens with two attached hydrogens (primary N) is 1. The molecule has 7 nitrogen and oxygen atoms in total. The van der Waals surface area contributed by atoms with Crippen LogP contribution in [-0.2, 0) is 16.1 Å². The van der Waals surface area contributed by atoms with Crippen molar-refractivity contribution in [1.82, 2.24) is 0 Å². The van der Waals surface area contributed by atoms with Crippen LogP contribution in [0.4, 0.5) is 17.1 Å². The second-order valence-electron chi connectivity index (χ2n) is 8.27. The molecule has 0 bridgehead atoms. The average molecular weight is 459 g/mol. The fourth-order valence-corrected chi connectivity index (χ4v) is 4.15. The number of ether oxygens (including phenoxy) is 1. The first-order chi connectivity index (χ1) is 16.6. The van der Waals surface area contributed by atoms with Crippen LogP contribution < -0.4 is 26.0 Å². The summed E-state index contributed by atoms with van der Waals surface area (Å²) in [6.45, 7) is 1.09. The molecule has 1 heterocycles. The molecule has 4 N–H and O–H groups in total. The number of nitrogens with zero attached hydrogens (tertiary/aromatic N) is 1. The molecule has 1 aliphatic rings. The van der Waals surface area contributed by atoms with Crippen LogP contribution in [-0.4, -0.2) is 25.5 Å². The van der Waals surface area contributed by atoms with E-state index in [2.05, 4.69) is 10.6 Å². The zero-order valence-electron chi connectivity index (χ0n) is 19.3. The van der Waals surface area contributed by atoms with Crippen LogP contribution in [0, 0.1) is 0 Å². The van der Waals surface area contributed by atoms with Gasteiger partial charge in [-0.2, -0.15) is 0 Å². The molecule has 2 amide bonds. The minimum Gasteiger partial charge on any atom is -0.494 e. The number of hydrogen-bond donors (Lipinski definition) is 3. The summed E-state index contributed by atoms with van der Waals surface area (Å²) in [7, 11) is 1.57. The van der Waals surface area contributed by atoms with E-state index in [9.17, 15) is 9.59 Å². The van der Waals surface area contributed by atoms with Crippen LogP contribution in [0.25, 0.3) is 0 Å². The van der Waals surface area contributed by atoms with Crippen molar-refractivity contribution in [3.05, 3.63) is 83.9 Å². The maximum atomic E-state index is 13.4. The first-order valence-electron chi connectivity index (χ1n) is 11.5. The maximum Gasteiger partial charge on any atom is 0.251 e. The van der Waals surface area contributed by atoms with Crippen LogP contribution in [0.5, 0.6) is 5.75 Å². The zero-order valence-corrected chi connectivity index (χ0v) is 19.3. The summed E-state index contributed by atoms with van der Waals surface area (Å²) in [6, 6.07) is 22.0.